The fourth-order valence-corrected chi connectivity index (χ4v) is 3.36. The minimum Gasteiger partial charge on any atom is -0.481 e. The molecule has 0 aromatic carbocycles. The fraction of sp³-hybridized carbons (Fsp3) is 0.867. The average molecular weight is 298 g/mol. The van der Waals surface area contributed by atoms with Gasteiger partial charge in [-0.15, -0.1) is 0 Å². The van der Waals surface area contributed by atoms with E-state index in [1.807, 2.05) is 0 Å². The van der Waals surface area contributed by atoms with Gasteiger partial charge in [-0.05, 0) is 46.0 Å². The van der Waals surface area contributed by atoms with Gasteiger partial charge in [-0.3, -0.25) is 4.79 Å². The number of aliphatic carboxylic acids is 1. The summed E-state index contributed by atoms with van der Waals surface area (Å²) < 4.78 is 0. The fourth-order valence-electron chi connectivity index (χ4n) is 3.36. The Kier molecular flexibility index (Phi) is 4.46. The summed E-state index contributed by atoms with van der Waals surface area (Å²) in [5, 5.41) is 22.3. The van der Waals surface area contributed by atoms with Crippen LogP contribution in [0.25, 0.3) is 0 Å². The van der Waals surface area contributed by atoms with Gasteiger partial charge in [-0.1, -0.05) is 6.42 Å². The summed E-state index contributed by atoms with van der Waals surface area (Å²) in [5.74, 6) is -0.843. The van der Waals surface area contributed by atoms with Crippen LogP contribution < -0.4 is 5.32 Å². The van der Waals surface area contributed by atoms with E-state index in [2.05, 4.69) is 5.32 Å². The lowest BCUT2D eigenvalue weighted by atomic mass is 9.85. The number of nitrogens with one attached hydrogen (secondary N) is 1. The normalized spacial score (nSPS) is 37.1. The first kappa shape index (κ1) is 16.1. The second-order valence-electron chi connectivity index (χ2n) is 6.95. The molecule has 0 spiro atoms. The summed E-state index contributed by atoms with van der Waals surface area (Å²) in [6, 6.07) is -0.515. The van der Waals surface area contributed by atoms with Crippen molar-refractivity contribution in [2.45, 2.75) is 64.0 Å². The van der Waals surface area contributed by atoms with Gasteiger partial charge >= 0.3 is 12.0 Å². The second kappa shape index (κ2) is 5.83. The lowest BCUT2D eigenvalue weighted by Crippen LogP contribution is -2.51. The summed E-state index contributed by atoms with van der Waals surface area (Å²) in [6.45, 7) is 4.63. The highest BCUT2D eigenvalue weighted by Crippen LogP contribution is 2.38. The molecule has 3 N–H and O–H groups in total. The lowest BCUT2D eigenvalue weighted by molar-refractivity contribution is -0.148. The molecular weight excluding hydrogens is 272 g/mol. The third-order valence-electron chi connectivity index (χ3n) is 5.10. The van der Waals surface area contributed by atoms with Crippen molar-refractivity contribution in [1.82, 2.24) is 10.2 Å². The van der Waals surface area contributed by atoms with Crippen LogP contribution in [0.4, 0.5) is 4.79 Å². The quantitative estimate of drug-likeness (QED) is 0.722. The van der Waals surface area contributed by atoms with E-state index in [4.69, 9.17) is 0 Å². The van der Waals surface area contributed by atoms with Crippen molar-refractivity contribution in [2.75, 3.05) is 13.1 Å². The Morgan fingerprint density at radius 3 is 2.52 bits per heavy atom. The number of urea groups is 1. The molecule has 0 bridgehead atoms. The summed E-state index contributed by atoms with van der Waals surface area (Å²) in [5.41, 5.74) is -1.58. The summed E-state index contributed by atoms with van der Waals surface area (Å²) in [6.07, 6.45) is 4.14. The third-order valence-corrected chi connectivity index (χ3v) is 5.10. The number of carboxylic acid groups (broad SMARTS) is 1. The molecule has 0 aromatic rings. The summed E-state index contributed by atoms with van der Waals surface area (Å²) >= 11 is 0. The molecule has 6 heteroatoms. The van der Waals surface area contributed by atoms with E-state index in [0.29, 0.717) is 38.8 Å². The molecule has 2 aliphatic rings. The number of amides is 2. The molecule has 2 amide bonds. The SMILES string of the molecule is CC1(O)CCCN(C(=O)NC2CCCC2(C)C(=O)O)CC1. The maximum Gasteiger partial charge on any atom is 0.317 e. The first-order chi connectivity index (χ1) is 9.74. The van der Waals surface area contributed by atoms with Gasteiger partial charge in [0.05, 0.1) is 11.0 Å². The highest BCUT2D eigenvalue weighted by molar-refractivity contribution is 5.79. The zero-order valence-electron chi connectivity index (χ0n) is 12.9. The van der Waals surface area contributed by atoms with E-state index in [-0.39, 0.29) is 12.1 Å². The third kappa shape index (κ3) is 3.48. The Bertz CT molecular complexity index is 424. The van der Waals surface area contributed by atoms with Crippen molar-refractivity contribution in [3.05, 3.63) is 0 Å². The molecule has 1 aliphatic carbocycles. The van der Waals surface area contributed by atoms with E-state index >= 15 is 0 Å². The zero-order valence-corrected chi connectivity index (χ0v) is 12.9. The van der Waals surface area contributed by atoms with E-state index in [9.17, 15) is 19.8 Å². The van der Waals surface area contributed by atoms with Crippen LogP contribution in [-0.4, -0.2) is 51.8 Å². The number of carbonyl (C=O) groups excluding carboxylic acids is 1. The molecule has 2 rings (SSSR count). The predicted octanol–water partition coefficient (Wildman–Crippen LogP) is 1.58. The van der Waals surface area contributed by atoms with Crippen LogP contribution in [0.5, 0.6) is 0 Å². The minimum atomic E-state index is -0.868. The molecule has 0 radical (unpaired) electrons. The second-order valence-corrected chi connectivity index (χ2v) is 6.95. The van der Waals surface area contributed by atoms with E-state index < -0.39 is 17.0 Å². The Morgan fingerprint density at radius 1 is 1.14 bits per heavy atom. The smallest absolute Gasteiger partial charge is 0.317 e. The molecule has 1 heterocycles. The maximum absolute atomic E-state index is 12.4. The topological polar surface area (TPSA) is 89.9 Å². The molecule has 21 heavy (non-hydrogen) atoms. The number of carbonyl (C=O) groups is 2. The Labute approximate surface area is 125 Å². The molecule has 120 valence electrons. The number of hydrogen-bond acceptors (Lipinski definition) is 3. The minimum absolute atomic E-state index is 0.202. The summed E-state index contributed by atoms with van der Waals surface area (Å²) in [7, 11) is 0. The highest BCUT2D eigenvalue weighted by atomic mass is 16.4. The monoisotopic (exact) mass is 298 g/mol. The van der Waals surface area contributed by atoms with Crippen molar-refractivity contribution >= 4 is 12.0 Å². The van der Waals surface area contributed by atoms with Gasteiger partial charge in [-0.25, -0.2) is 4.79 Å². The first-order valence-electron chi connectivity index (χ1n) is 7.76. The van der Waals surface area contributed by atoms with Crippen LogP contribution in [0.3, 0.4) is 0 Å². The average Bonchev–Trinajstić information content (AvgIpc) is 2.66. The number of aliphatic hydroxyl groups is 1. The van der Waals surface area contributed by atoms with E-state index in [1.165, 1.54) is 0 Å². The van der Waals surface area contributed by atoms with Gasteiger partial charge in [0, 0.05) is 19.1 Å². The van der Waals surface area contributed by atoms with Crippen LogP contribution in [0.2, 0.25) is 0 Å². The largest absolute Gasteiger partial charge is 0.481 e. The Balaban J connectivity index is 1.96. The van der Waals surface area contributed by atoms with Crippen LogP contribution >= 0.6 is 0 Å². The lowest BCUT2D eigenvalue weighted by Gasteiger charge is -2.30. The number of likely N-dealkylation sites (tertiary alicyclic amines) is 1. The highest BCUT2D eigenvalue weighted by Gasteiger charge is 2.46. The van der Waals surface area contributed by atoms with Crippen molar-refractivity contribution in [3.63, 3.8) is 0 Å². The Morgan fingerprint density at radius 2 is 1.86 bits per heavy atom. The van der Waals surface area contributed by atoms with E-state index in [1.54, 1.807) is 18.7 Å². The molecule has 3 atom stereocenters. The van der Waals surface area contributed by atoms with Crippen LogP contribution in [-0.2, 0) is 4.79 Å². The molecule has 1 saturated heterocycles. The van der Waals surface area contributed by atoms with Crippen molar-refractivity contribution in [3.8, 4) is 0 Å². The van der Waals surface area contributed by atoms with Crippen LogP contribution in [0.1, 0.15) is 52.4 Å². The van der Waals surface area contributed by atoms with Gasteiger partial charge in [0.1, 0.15) is 0 Å². The number of nitrogens with zero attached hydrogens (tertiary/aromatic N) is 1. The predicted molar refractivity (Wildman–Crippen MR) is 78.0 cm³/mol. The van der Waals surface area contributed by atoms with Crippen molar-refractivity contribution in [1.29, 1.82) is 0 Å². The number of carboxylic acids is 1. The zero-order chi connectivity index (χ0) is 15.7. The van der Waals surface area contributed by atoms with Gasteiger partial charge < -0.3 is 20.4 Å². The molecule has 6 nitrogen and oxygen atoms in total. The van der Waals surface area contributed by atoms with Crippen molar-refractivity contribution < 1.29 is 19.8 Å². The van der Waals surface area contributed by atoms with Crippen molar-refractivity contribution in [2.24, 2.45) is 5.41 Å². The molecule has 2 fully saturated rings. The standard InChI is InChI=1S/C15H26N2O4/c1-14(21)6-4-9-17(10-8-14)13(20)16-11-5-3-7-15(11,2)12(18)19/h11,21H,3-10H2,1-2H3,(H,16,20)(H,18,19). The number of hydrogen-bond donors (Lipinski definition) is 3. The molecule has 3 unspecified atom stereocenters. The molecule has 1 aliphatic heterocycles. The van der Waals surface area contributed by atoms with Crippen LogP contribution in [0, 0.1) is 5.41 Å². The molecule has 0 aromatic heterocycles. The number of rotatable bonds is 2. The maximum atomic E-state index is 12.4. The van der Waals surface area contributed by atoms with Gasteiger partial charge in [-0.2, -0.15) is 0 Å². The Hall–Kier alpha value is -1.30. The molecule has 1 saturated carbocycles. The van der Waals surface area contributed by atoms with Crippen LogP contribution in [0.15, 0.2) is 0 Å². The van der Waals surface area contributed by atoms with Gasteiger partial charge in [0.2, 0.25) is 0 Å². The first-order valence-corrected chi connectivity index (χ1v) is 7.76. The van der Waals surface area contributed by atoms with Gasteiger partial charge in [0.25, 0.3) is 0 Å². The summed E-state index contributed by atoms with van der Waals surface area (Å²) in [4.78, 5) is 25.5. The molecular formula is C15H26N2O4. The van der Waals surface area contributed by atoms with E-state index in [0.717, 1.165) is 12.8 Å². The van der Waals surface area contributed by atoms with Gasteiger partial charge in [0.15, 0.2) is 0 Å².